The molecule has 25 heavy (non-hydrogen) atoms. The smallest absolute Gasteiger partial charge is 0.242 e. The topological polar surface area (TPSA) is 68.2 Å². The van der Waals surface area contributed by atoms with Gasteiger partial charge >= 0.3 is 0 Å². The highest BCUT2D eigenvalue weighted by Crippen LogP contribution is 2.13. The van der Waals surface area contributed by atoms with Gasteiger partial charge in [0.2, 0.25) is 11.8 Å². The predicted molar refractivity (Wildman–Crippen MR) is 98.5 cm³/mol. The van der Waals surface area contributed by atoms with E-state index in [0.29, 0.717) is 30.6 Å². The number of piperazine rings is 1. The molecule has 0 unspecified atom stereocenters. The molecular weight excluding hydrogens is 342 g/mol. The van der Waals surface area contributed by atoms with Gasteiger partial charge in [-0.05, 0) is 17.7 Å². The van der Waals surface area contributed by atoms with E-state index >= 15 is 0 Å². The van der Waals surface area contributed by atoms with Crippen molar-refractivity contribution in [3.63, 3.8) is 0 Å². The summed E-state index contributed by atoms with van der Waals surface area (Å²) in [6.45, 7) is 2.22. The summed E-state index contributed by atoms with van der Waals surface area (Å²) in [7, 11) is 5.05. The van der Waals surface area contributed by atoms with E-state index in [1.807, 2.05) is 34.1 Å². The Morgan fingerprint density at radius 3 is 2.52 bits per heavy atom. The lowest BCUT2D eigenvalue weighted by atomic mass is 10.2. The summed E-state index contributed by atoms with van der Waals surface area (Å²) in [6.07, 6.45) is 0. The van der Waals surface area contributed by atoms with Crippen molar-refractivity contribution in [2.24, 2.45) is 4.99 Å². The molecule has 8 heteroatoms. The highest BCUT2D eigenvalue weighted by molar-refractivity contribution is 6.30. The maximum atomic E-state index is 12.4. The van der Waals surface area contributed by atoms with Crippen LogP contribution < -0.4 is 5.32 Å². The van der Waals surface area contributed by atoms with Gasteiger partial charge in [0.25, 0.3) is 0 Å². The highest BCUT2D eigenvalue weighted by Gasteiger charge is 2.26. The monoisotopic (exact) mass is 365 g/mol. The molecule has 2 rings (SSSR count). The number of rotatable bonds is 4. The van der Waals surface area contributed by atoms with E-state index in [0.717, 1.165) is 5.56 Å². The number of nitrogens with one attached hydrogen (secondary N) is 1. The summed E-state index contributed by atoms with van der Waals surface area (Å²) < 4.78 is 0. The Bertz CT molecular complexity index is 645. The molecule has 1 N–H and O–H groups in total. The number of halogens is 1. The van der Waals surface area contributed by atoms with E-state index in [1.165, 1.54) is 4.90 Å². The van der Waals surface area contributed by atoms with Crippen molar-refractivity contribution in [2.45, 2.75) is 6.54 Å². The normalized spacial score (nSPS) is 15.4. The molecule has 136 valence electrons. The number of guanidine groups is 1. The first kappa shape index (κ1) is 19.1. The molecule has 0 radical (unpaired) electrons. The lowest BCUT2D eigenvalue weighted by molar-refractivity contribution is -0.135. The van der Waals surface area contributed by atoms with Gasteiger partial charge < -0.3 is 20.0 Å². The molecule has 1 aromatic carbocycles. The molecule has 0 atom stereocenters. The molecular formula is C17H24ClN5O2. The van der Waals surface area contributed by atoms with E-state index in [-0.39, 0.29) is 24.9 Å². The minimum Gasteiger partial charge on any atom is -0.347 e. The largest absolute Gasteiger partial charge is 0.347 e. The second kappa shape index (κ2) is 8.71. The number of carbonyl (C=O) groups excluding carboxylic acids is 2. The number of hydrogen-bond donors (Lipinski definition) is 1. The van der Waals surface area contributed by atoms with Gasteiger partial charge in [0.05, 0.1) is 13.1 Å². The first-order valence-electron chi connectivity index (χ1n) is 8.08. The van der Waals surface area contributed by atoms with E-state index in [2.05, 4.69) is 10.3 Å². The Morgan fingerprint density at radius 1 is 1.28 bits per heavy atom. The van der Waals surface area contributed by atoms with Crippen LogP contribution in [0.3, 0.4) is 0 Å². The van der Waals surface area contributed by atoms with Crippen LogP contribution in [0.2, 0.25) is 5.02 Å². The molecule has 0 spiro atoms. The Balaban J connectivity index is 1.90. The van der Waals surface area contributed by atoms with Gasteiger partial charge in [-0.2, -0.15) is 0 Å². The molecule has 1 aliphatic rings. The molecule has 0 aromatic heterocycles. The fourth-order valence-corrected chi connectivity index (χ4v) is 2.64. The zero-order valence-electron chi connectivity index (χ0n) is 14.8. The van der Waals surface area contributed by atoms with Crippen molar-refractivity contribution >= 4 is 29.4 Å². The molecule has 1 aliphatic heterocycles. The SMILES string of the molecule is CN=C(NCC(=O)N(C)C)N1CCN(Cc2ccc(Cl)cc2)C(=O)C1. The minimum absolute atomic E-state index is 0.0306. The fraction of sp³-hybridized carbons (Fsp3) is 0.471. The van der Waals surface area contributed by atoms with Crippen LogP contribution in [-0.4, -0.2) is 79.8 Å². The Morgan fingerprint density at radius 2 is 1.96 bits per heavy atom. The Labute approximate surface area is 153 Å². The van der Waals surface area contributed by atoms with Crippen LogP contribution in [0.5, 0.6) is 0 Å². The van der Waals surface area contributed by atoms with E-state index in [1.54, 1.807) is 21.1 Å². The van der Waals surface area contributed by atoms with Crippen LogP contribution >= 0.6 is 11.6 Å². The summed E-state index contributed by atoms with van der Waals surface area (Å²) >= 11 is 5.89. The van der Waals surface area contributed by atoms with Crippen molar-refractivity contribution < 1.29 is 9.59 Å². The molecule has 7 nitrogen and oxygen atoms in total. The third kappa shape index (κ3) is 5.35. The quantitative estimate of drug-likeness (QED) is 0.628. The average Bonchev–Trinajstić information content (AvgIpc) is 2.59. The van der Waals surface area contributed by atoms with Crippen molar-refractivity contribution in [3.05, 3.63) is 34.9 Å². The number of nitrogens with zero attached hydrogens (tertiary/aromatic N) is 4. The van der Waals surface area contributed by atoms with Crippen LogP contribution in [0.1, 0.15) is 5.56 Å². The summed E-state index contributed by atoms with van der Waals surface area (Å²) in [5.41, 5.74) is 1.05. The van der Waals surface area contributed by atoms with Gasteiger partial charge in [-0.25, -0.2) is 0 Å². The molecule has 0 saturated carbocycles. The van der Waals surface area contributed by atoms with E-state index in [4.69, 9.17) is 11.6 Å². The standard InChI is InChI=1S/C17H24ClN5O2/c1-19-17(20-10-15(24)21(2)3)23-9-8-22(16(25)12-23)11-13-4-6-14(18)7-5-13/h4-7H,8-12H2,1-3H3,(H,19,20). The molecule has 0 aliphatic carbocycles. The van der Waals surface area contributed by atoms with Gasteiger partial charge in [0.15, 0.2) is 5.96 Å². The summed E-state index contributed by atoms with van der Waals surface area (Å²) in [5.74, 6) is 0.548. The molecule has 0 bridgehead atoms. The second-order valence-corrected chi connectivity index (χ2v) is 6.49. The first-order valence-corrected chi connectivity index (χ1v) is 8.46. The summed E-state index contributed by atoms with van der Waals surface area (Å²) in [6, 6.07) is 7.50. The first-order chi connectivity index (χ1) is 11.9. The zero-order chi connectivity index (χ0) is 18.4. The maximum absolute atomic E-state index is 12.4. The summed E-state index contributed by atoms with van der Waals surface area (Å²) in [5, 5.41) is 3.69. The molecule has 1 heterocycles. The van der Waals surface area contributed by atoms with Crippen molar-refractivity contribution in [1.82, 2.24) is 20.0 Å². The van der Waals surface area contributed by atoms with Gasteiger partial charge in [0.1, 0.15) is 0 Å². The third-order valence-electron chi connectivity index (χ3n) is 4.01. The second-order valence-electron chi connectivity index (χ2n) is 6.05. The molecule has 1 fully saturated rings. The third-order valence-corrected chi connectivity index (χ3v) is 4.27. The van der Waals surface area contributed by atoms with Crippen molar-refractivity contribution in [3.8, 4) is 0 Å². The Kier molecular flexibility index (Phi) is 6.64. The average molecular weight is 366 g/mol. The van der Waals surface area contributed by atoms with Crippen LogP contribution in [0.4, 0.5) is 0 Å². The van der Waals surface area contributed by atoms with Gasteiger partial charge in [0, 0.05) is 45.8 Å². The number of hydrogen-bond acceptors (Lipinski definition) is 3. The number of likely N-dealkylation sites (N-methyl/N-ethyl adjacent to an activating group) is 1. The van der Waals surface area contributed by atoms with Gasteiger partial charge in [-0.1, -0.05) is 23.7 Å². The minimum atomic E-state index is -0.0474. The Hall–Kier alpha value is -2.28. The van der Waals surface area contributed by atoms with Crippen molar-refractivity contribution in [2.75, 3.05) is 47.3 Å². The number of benzene rings is 1. The number of carbonyl (C=O) groups is 2. The van der Waals surface area contributed by atoms with Crippen molar-refractivity contribution in [1.29, 1.82) is 0 Å². The van der Waals surface area contributed by atoms with E-state index < -0.39 is 0 Å². The summed E-state index contributed by atoms with van der Waals surface area (Å²) in [4.78, 5) is 33.5. The molecule has 2 amide bonds. The van der Waals surface area contributed by atoms with Gasteiger partial charge in [-0.15, -0.1) is 0 Å². The zero-order valence-corrected chi connectivity index (χ0v) is 15.6. The highest BCUT2D eigenvalue weighted by atomic mass is 35.5. The number of aliphatic imine (C=N–C) groups is 1. The fourth-order valence-electron chi connectivity index (χ4n) is 2.51. The maximum Gasteiger partial charge on any atom is 0.242 e. The molecule has 1 saturated heterocycles. The number of amides is 2. The van der Waals surface area contributed by atoms with Gasteiger partial charge in [-0.3, -0.25) is 14.6 Å². The van der Waals surface area contributed by atoms with Crippen LogP contribution in [0.15, 0.2) is 29.3 Å². The van der Waals surface area contributed by atoms with Crippen LogP contribution in [0, 0.1) is 0 Å². The van der Waals surface area contributed by atoms with Crippen LogP contribution in [-0.2, 0) is 16.1 Å². The lowest BCUT2D eigenvalue weighted by Crippen LogP contribution is -2.55. The molecule has 1 aromatic rings. The van der Waals surface area contributed by atoms with Crippen LogP contribution in [0.25, 0.3) is 0 Å². The lowest BCUT2D eigenvalue weighted by Gasteiger charge is -2.36. The van der Waals surface area contributed by atoms with E-state index in [9.17, 15) is 9.59 Å². The predicted octanol–water partition coefficient (Wildman–Crippen LogP) is 0.648.